The number of fused-ring (bicyclic) bond motifs is 1. The molecule has 2 N–H and O–H groups in total. The molecule has 0 amide bonds. The Morgan fingerprint density at radius 1 is 1.35 bits per heavy atom. The second-order valence-electron chi connectivity index (χ2n) is 3.21. The lowest BCUT2D eigenvalue weighted by molar-refractivity contribution is -0.137. The van der Waals surface area contributed by atoms with Gasteiger partial charge in [-0.2, -0.15) is 18.2 Å². The van der Waals surface area contributed by atoms with Crippen molar-refractivity contribution in [1.29, 1.82) is 0 Å². The standard InChI is InChI=1S/C9H4F3IN2OS/c10-9(11,12)3-1-4-6(5(14)2-3)17-8(13)15-7(4)16/h1-2H,14H2. The van der Waals surface area contributed by atoms with Crippen LogP contribution in [0.5, 0.6) is 0 Å². The van der Waals surface area contributed by atoms with Gasteiger partial charge in [0.2, 0.25) is 0 Å². The van der Waals surface area contributed by atoms with Crippen LogP contribution in [0, 0.1) is 3.01 Å². The van der Waals surface area contributed by atoms with E-state index in [2.05, 4.69) is 4.98 Å². The number of nitrogen functional groups attached to an aromatic ring is 1. The number of anilines is 1. The Labute approximate surface area is 111 Å². The second kappa shape index (κ2) is 4.09. The van der Waals surface area contributed by atoms with Crippen LogP contribution < -0.4 is 11.3 Å². The molecule has 0 fully saturated rings. The number of hydrogen-bond acceptors (Lipinski definition) is 4. The molecule has 1 aromatic heterocycles. The maximum absolute atomic E-state index is 12.5. The fourth-order valence-corrected chi connectivity index (χ4v) is 2.94. The van der Waals surface area contributed by atoms with Crippen molar-refractivity contribution in [2.45, 2.75) is 6.18 Å². The Kier molecular flexibility index (Phi) is 3.02. The van der Waals surface area contributed by atoms with Gasteiger partial charge in [0.05, 0.1) is 21.3 Å². The van der Waals surface area contributed by atoms with Gasteiger partial charge in [0.25, 0.3) is 5.56 Å². The summed E-state index contributed by atoms with van der Waals surface area (Å²) in [6.07, 6.45) is -4.53. The smallest absolute Gasteiger partial charge is 0.398 e. The predicted octanol–water partition coefficient (Wildman–Crippen LogP) is 2.86. The van der Waals surface area contributed by atoms with Crippen molar-refractivity contribution in [2.24, 2.45) is 0 Å². The van der Waals surface area contributed by atoms with Gasteiger partial charge in [0.1, 0.15) is 0 Å². The summed E-state index contributed by atoms with van der Waals surface area (Å²) in [6, 6.07) is 1.61. The van der Waals surface area contributed by atoms with E-state index in [1.807, 2.05) is 22.6 Å². The first-order chi connectivity index (χ1) is 7.79. The molecule has 1 heterocycles. The minimum absolute atomic E-state index is 0.0581. The molecule has 3 nitrogen and oxygen atoms in total. The summed E-state index contributed by atoms with van der Waals surface area (Å²) in [5, 5.41) is -0.0947. The summed E-state index contributed by atoms with van der Waals surface area (Å²) in [6.45, 7) is 0. The largest absolute Gasteiger partial charge is 0.416 e. The third-order valence-corrected chi connectivity index (χ3v) is 3.87. The van der Waals surface area contributed by atoms with E-state index in [0.29, 0.717) is 7.71 Å². The first-order valence-corrected chi connectivity index (χ1v) is 6.15. The van der Waals surface area contributed by atoms with Gasteiger partial charge in [-0.1, -0.05) is 0 Å². The van der Waals surface area contributed by atoms with Gasteiger partial charge in [-0.05, 0) is 34.7 Å². The highest BCUT2D eigenvalue weighted by atomic mass is 127. The van der Waals surface area contributed by atoms with Gasteiger partial charge in [0, 0.05) is 0 Å². The quantitative estimate of drug-likeness (QED) is 0.572. The van der Waals surface area contributed by atoms with Crippen LogP contribution in [0.25, 0.3) is 10.1 Å². The summed E-state index contributed by atoms with van der Waals surface area (Å²) in [5.41, 5.74) is 3.84. The van der Waals surface area contributed by atoms with Crippen molar-refractivity contribution in [3.63, 3.8) is 0 Å². The molecule has 2 rings (SSSR count). The number of rotatable bonds is 0. The molecule has 17 heavy (non-hydrogen) atoms. The zero-order valence-corrected chi connectivity index (χ0v) is 11.0. The molecule has 8 heteroatoms. The van der Waals surface area contributed by atoms with Crippen molar-refractivity contribution >= 4 is 49.7 Å². The van der Waals surface area contributed by atoms with Gasteiger partial charge < -0.3 is 5.73 Å². The van der Waals surface area contributed by atoms with Gasteiger partial charge in [-0.15, -0.1) is 11.3 Å². The molecular weight excluding hydrogens is 368 g/mol. The number of nitrogens with two attached hydrogens (primary N) is 1. The third kappa shape index (κ3) is 2.37. The molecular formula is C9H4F3IN2OS. The average molecular weight is 372 g/mol. The topological polar surface area (TPSA) is 56.0 Å². The van der Waals surface area contributed by atoms with E-state index in [4.69, 9.17) is 5.73 Å². The highest BCUT2D eigenvalue weighted by Crippen LogP contribution is 2.34. The number of aromatic nitrogens is 1. The number of halogens is 4. The van der Waals surface area contributed by atoms with Crippen LogP contribution in [-0.4, -0.2) is 4.98 Å². The molecule has 0 aliphatic heterocycles. The van der Waals surface area contributed by atoms with E-state index in [9.17, 15) is 18.0 Å². The molecule has 0 aliphatic rings. The Morgan fingerprint density at radius 2 is 2.00 bits per heavy atom. The van der Waals surface area contributed by atoms with E-state index in [1.165, 1.54) is 0 Å². The number of nitrogens with zero attached hydrogens (tertiary/aromatic N) is 1. The number of hydrogen-bond donors (Lipinski definition) is 1. The lowest BCUT2D eigenvalue weighted by Crippen LogP contribution is -2.11. The Hall–Kier alpha value is -0.900. The van der Waals surface area contributed by atoms with Gasteiger partial charge in [-0.25, -0.2) is 0 Å². The first kappa shape index (κ1) is 12.6. The lowest BCUT2D eigenvalue weighted by atomic mass is 10.1. The Bertz CT molecular complexity index is 653. The molecule has 0 atom stereocenters. The zero-order chi connectivity index (χ0) is 12.8. The molecule has 90 valence electrons. The number of benzene rings is 1. The average Bonchev–Trinajstić information content (AvgIpc) is 2.17. The minimum atomic E-state index is -4.53. The van der Waals surface area contributed by atoms with E-state index in [1.54, 1.807) is 0 Å². The normalized spacial score (nSPS) is 12.0. The van der Waals surface area contributed by atoms with Crippen molar-refractivity contribution in [3.8, 4) is 0 Å². The summed E-state index contributed by atoms with van der Waals surface area (Å²) in [5.74, 6) is 0. The highest BCUT2D eigenvalue weighted by Gasteiger charge is 2.31. The maximum atomic E-state index is 12.5. The van der Waals surface area contributed by atoms with Gasteiger partial charge >= 0.3 is 6.18 Å². The van der Waals surface area contributed by atoms with Crippen molar-refractivity contribution in [2.75, 3.05) is 5.73 Å². The summed E-state index contributed by atoms with van der Waals surface area (Å²) in [7, 11) is 0. The molecule has 0 aliphatic carbocycles. The summed E-state index contributed by atoms with van der Waals surface area (Å²) < 4.78 is 38.4. The SMILES string of the molecule is Nc1cc(C(F)(F)F)cc2c(=O)nc(I)sc12. The molecule has 2 aromatic rings. The van der Waals surface area contributed by atoms with E-state index in [0.717, 1.165) is 23.5 Å². The van der Waals surface area contributed by atoms with Crippen molar-refractivity contribution in [3.05, 3.63) is 31.1 Å². The van der Waals surface area contributed by atoms with Crippen LogP contribution in [0.2, 0.25) is 0 Å². The lowest BCUT2D eigenvalue weighted by Gasteiger charge is -2.09. The fraction of sp³-hybridized carbons (Fsp3) is 0.111. The Morgan fingerprint density at radius 3 is 2.59 bits per heavy atom. The van der Waals surface area contributed by atoms with E-state index in [-0.39, 0.29) is 11.1 Å². The Balaban J connectivity index is 2.88. The van der Waals surface area contributed by atoms with Crippen LogP contribution in [0.4, 0.5) is 18.9 Å². The number of alkyl halides is 3. The zero-order valence-electron chi connectivity index (χ0n) is 8.01. The van der Waals surface area contributed by atoms with E-state index < -0.39 is 17.3 Å². The molecule has 0 radical (unpaired) electrons. The maximum Gasteiger partial charge on any atom is 0.416 e. The molecule has 1 aromatic carbocycles. The van der Waals surface area contributed by atoms with Crippen LogP contribution in [0.15, 0.2) is 16.9 Å². The van der Waals surface area contributed by atoms with Crippen LogP contribution in [0.1, 0.15) is 5.56 Å². The molecule has 0 saturated heterocycles. The third-order valence-electron chi connectivity index (χ3n) is 2.05. The van der Waals surface area contributed by atoms with Gasteiger partial charge in [-0.3, -0.25) is 4.79 Å². The summed E-state index contributed by atoms with van der Waals surface area (Å²) >= 11 is 2.91. The van der Waals surface area contributed by atoms with Crippen LogP contribution in [-0.2, 0) is 6.18 Å². The van der Waals surface area contributed by atoms with Crippen molar-refractivity contribution in [1.82, 2.24) is 4.98 Å². The molecule has 0 spiro atoms. The fourth-order valence-electron chi connectivity index (χ4n) is 1.33. The first-order valence-electron chi connectivity index (χ1n) is 4.26. The highest BCUT2D eigenvalue weighted by molar-refractivity contribution is 14.1. The minimum Gasteiger partial charge on any atom is -0.398 e. The molecule has 0 unspecified atom stereocenters. The monoisotopic (exact) mass is 372 g/mol. The van der Waals surface area contributed by atoms with E-state index >= 15 is 0 Å². The molecule has 0 saturated carbocycles. The van der Waals surface area contributed by atoms with Crippen molar-refractivity contribution < 1.29 is 13.2 Å². The second-order valence-corrected chi connectivity index (χ2v) is 5.96. The van der Waals surface area contributed by atoms with Crippen LogP contribution in [0.3, 0.4) is 0 Å². The molecule has 0 bridgehead atoms. The van der Waals surface area contributed by atoms with Gasteiger partial charge in [0.15, 0.2) is 3.01 Å². The predicted molar refractivity (Wildman–Crippen MR) is 68.0 cm³/mol. The van der Waals surface area contributed by atoms with Crippen LogP contribution >= 0.6 is 33.9 Å². The summed E-state index contributed by atoms with van der Waals surface area (Å²) in [4.78, 5) is 15.1.